The molecule has 112 valence electrons. The molecule has 2 unspecified atom stereocenters. The second-order valence-electron chi connectivity index (χ2n) is 5.55. The minimum atomic E-state index is -0.528. The van der Waals surface area contributed by atoms with Crippen LogP contribution in [0.1, 0.15) is 50.5 Å². The maximum atomic E-state index is 12.3. The molecule has 5 heteroatoms. The van der Waals surface area contributed by atoms with Crippen molar-refractivity contribution in [3.05, 3.63) is 17.7 Å². The van der Waals surface area contributed by atoms with Gasteiger partial charge in [-0.05, 0) is 46.6 Å². The summed E-state index contributed by atoms with van der Waals surface area (Å²) in [5, 5.41) is 3.36. The third kappa shape index (κ3) is 2.59. The van der Waals surface area contributed by atoms with E-state index in [0.717, 1.165) is 31.5 Å². The van der Waals surface area contributed by atoms with E-state index >= 15 is 0 Å². The smallest absolute Gasteiger partial charge is 0.326 e. The summed E-state index contributed by atoms with van der Waals surface area (Å²) in [6.07, 6.45) is 4.46. The number of aromatic nitrogens is 2. The van der Waals surface area contributed by atoms with Gasteiger partial charge in [-0.15, -0.1) is 0 Å². The molecule has 0 aromatic carbocycles. The number of hydrogen-bond acceptors (Lipinski definition) is 4. The van der Waals surface area contributed by atoms with Crippen LogP contribution in [0.2, 0.25) is 0 Å². The molecule has 1 aliphatic rings. The van der Waals surface area contributed by atoms with Gasteiger partial charge < -0.3 is 14.6 Å². The molecule has 2 rings (SSSR count). The SMILES string of the molecule is CCNC1(C(=O)OCC)CCC(n2cnc(C)c2C)C1. The minimum absolute atomic E-state index is 0.112. The van der Waals surface area contributed by atoms with Crippen LogP contribution in [0.4, 0.5) is 0 Å². The van der Waals surface area contributed by atoms with Crippen molar-refractivity contribution in [2.24, 2.45) is 0 Å². The van der Waals surface area contributed by atoms with E-state index < -0.39 is 5.54 Å². The van der Waals surface area contributed by atoms with Gasteiger partial charge in [0, 0.05) is 11.7 Å². The second kappa shape index (κ2) is 5.95. The van der Waals surface area contributed by atoms with E-state index in [0.29, 0.717) is 12.6 Å². The van der Waals surface area contributed by atoms with Crippen LogP contribution in [0.3, 0.4) is 0 Å². The quantitative estimate of drug-likeness (QED) is 0.839. The molecule has 1 aromatic rings. The summed E-state index contributed by atoms with van der Waals surface area (Å²) in [5.74, 6) is -0.112. The summed E-state index contributed by atoms with van der Waals surface area (Å²) in [7, 11) is 0. The van der Waals surface area contributed by atoms with E-state index in [1.54, 1.807) is 0 Å². The van der Waals surface area contributed by atoms with Crippen molar-refractivity contribution in [3.63, 3.8) is 0 Å². The van der Waals surface area contributed by atoms with Gasteiger partial charge >= 0.3 is 5.97 Å². The fraction of sp³-hybridized carbons (Fsp3) is 0.733. The van der Waals surface area contributed by atoms with Crippen LogP contribution >= 0.6 is 0 Å². The molecule has 0 saturated heterocycles. The van der Waals surface area contributed by atoms with Crippen LogP contribution in [-0.4, -0.2) is 34.2 Å². The number of nitrogens with one attached hydrogen (secondary N) is 1. The van der Waals surface area contributed by atoms with E-state index in [-0.39, 0.29) is 5.97 Å². The predicted octanol–water partition coefficient (Wildman–Crippen LogP) is 2.14. The second-order valence-corrected chi connectivity index (χ2v) is 5.55. The largest absolute Gasteiger partial charge is 0.465 e. The normalized spacial score (nSPS) is 25.9. The Morgan fingerprint density at radius 3 is 2.85 bits per heavy atom. The number of nitrogens with zero attached hydrogens (tertiary/aromatic N) is 2. The van der Waals surface area contributed by atoms with Crippen LogP contribution < -0.4 is 5.32 Å². The molecular weight excluding hydrogens is 254 g/mol. The van der Waals surface area contributed by atoms with Gasteiger partial charge in [0.25, 0.3) is 0 Å². The summed E-state index contributed by atoms with van der Waals surface area (Å²) in [4.78, 5) is 16.7. The van der Waals surface area contributed by atoms with Gasteiger partial charge in [-0.2, -0.15) is 0 Å². The number of likely N-dealkylation sites (N-methyl/N-ethyl adjacent to an activating group) is 1. The lowest BCUT2D eigenvalue weighted by Gasteiger charge is -2.28. The predicted molar refractivity (Wildman–Crippen MR) is 77.6 cm³/mol. The molecule has 0 aliphatic heterocycles. The number of carbonyl (C=O) groups excluding carboxylic acids is 1. The Kier molecular flexibility index (Phi) is 4.48. The first-order valence-electron chi connectivity index (χ1n) is 7.46. The first-order chi connectivity index (χ1) is 9.54. The number of ether oxygens (including phenoxy) is 1. The molecule has 20 heavy (non-hydrogen) atoms. The van der Waals surface area contributed by atoms with E-state index in [1.807, 2.05) is 27.1 Å². The lowest BCUT2D eigenvalue weighted by molar-refractivity contribution is -0.151. The monoisotopic (exact) mass is 279 g/mol. The van der Waals surface area contributed by atoms with Gasteiger partial charge in [0.2, 0.25) is 0 Å². The summed E-state index contributed by atoms with van der Waals surface area (Å²) in [6, 6.07) is 0.319. The lowest BCUT2D eigenvalue weighted by atomic mass is 9.97. The van der Waals surface area contributed by atoms with Crippen molar-refractivity contribution in [1.82, 2.24) is 14.9 Å². The molecule has 1 fully saturated rings. The average molecular weight is 279 g/mol. The summed E-state index contributed by atoms with van der Waals surface area (Å²) in [6.45, 7) is 9.19. The molecule has 1 aliphatic carbocycles. The molecule has 2 atom stereocenters. The Bertz CT molecular complexity index is 483. The van der Waals surface area contributed by atoms with Crippen LogP contribution in [-0.2, 0) is 9.53 Å². The fourth-order valence-corrected chi connectivity index (χ4v) is 3.17. The number of carbonyl (C=O) groups is 1. The van der Waals surface area contributed by atoms with Gasteiger partial charge in [-0.25, -0.2) is 4.98 Å². The van der Waals surface area contributed by atoms with Gasteiger partial charge in [-0.1, -0.05) is 6.92 Å². The highest BCUT2D eigenvalue weighted by Crippen LogP contribution is 2.39. The Hall–Kier alpha value is -1.36. The molecule has 1 saturated carbocycles. The number of esters is 1. The zero-order valence-corrected chi connectivity index (χ0v) is 12.9. The fourth-order valence-electron chi connectivity index (χ4n) is 3.17. The topological polar surface area (TPSA) is 56.1 Å². The van der Waals surface area contributed by atoms with Gasteiger partial charge in [0.1, 0.15) is 5.54 Å². The summed E-state index contributed by atoms with van der Waals surface area (Å²) < 4.78 is 7.48. The molecule has 1 N–H and O–H groups in total. The van der Waals surface area contributed by atoms with Crippen LogP contribution in [0.5, 0.6) is 0 Å². The zero-order valence-electron chi connectivity index (χ0n) is 12.9. The number of imidazole rings is 1. The van der Waals surface area contributed by atoms with Crippen LogP contribution in [0.15, 0.2) is 6.33 Å². The molecular formula is C15H25N3O2. The van der Waals surface area contributed by atoms with E-state index in [1.165, 1.54) is 5.69 Å². The van der Waals surface area contributed by atoms with Gasteiger partial charge in [0.05, 0.1) is 18.6 Å². The van der Waals surface area contributed by atoms with Crippen molar-refractivity contribution in [1.29, 1.82) is 0 Å². The Morgan fingerprint density at radius 2 is 2.30 bits per heavy atom. The number of aryl methyl sites for hydroxylation is 1. The van der Waals surface area contributed by atoms with E-state index in [2.05, 4.69) is 21.8 Å². The Balaban J connectivity index is 2.19. The maximum absolute atomic E-state index is 12.3. The minimum Gasteiger partial charge on any atom is -0.465 e. The van der Waals surface area contributed by atoms with Crippen molar-refractivity contribution >= 4 is 5.97 Å². The van der Waals surface area contributed by atoms with Crippen molar-refractivity contribution in [2.45, 2.75) is 58.5 Å². The number of hydrogen-bond donors (Lipinski definition) is 1. The maximum Gasteiger partial charge on any atom is 0.326 e. The summed E-state index contributed by atoms with van der Waals surface area (Å²) >= 11 is 0. The molecule has 0 bridgehead atoms. The van der Waals surface area contributed by atoms with Crippen molar-refractivity contribution in [2.75, 3.05) is 13.2 Å². The van der Waals surface area contributed by atoms with Crippen molar-refractivity contribution < 1.29 is 9.53 Å². The summed E-state index contributed by atoms with van der Waals surface area (Å²) in [5.41, 5.74) is 1.72. The highest BCUT2D eigenvalue weighted by molar-refractivity contribution is 5.81. The molecule has 0 spiro atoms. The number of rotatable bonds is 5. The van der Waals surface area contributed by atoms with Crippen LogP contribution in [0, 0.1) is 13.8 Å². The Labute approximate surface area is 120 Å². The van der Waals surface area contributed by atoms with E-state index in [9.17, 15) is 4.79 Å². The molecule has 1 heterocycles. The van der Waals surface area contributed by atoms with Gasteiger partial charge in [-0.3, -0.25) is 4.79 Å². The first-order valence-corrected chi connectivity index (χ1v) is 7.46. The third-order valence-corrected chi connectivity index (χ3v) is 4.35. The molecule has 0 radical (unpaired) electrons. The average Bonchev–Trinajstić information content (AvgIpc) is 2.97. The van der Waals surface area contributed by atoms with Crippen molar-refractivity contribution in [3.8, 4) is 0 Å². The molecule has 0 amide bonds. The van der Waals surface area contributed by atoms with E-state index in [4.69, 9.17) is 4.74 Å². The molecule has 1 aromatic heterocycles. The lowest BCUT2D eigenvalue weighted by Crippen LogP contribution is -2.51. The Morgan fingerprint density at radius 1 is 1.55 bits per heavy atom. The first kappa shape index (κ1) is 15.0. The molecule has 5 nitrogen and oxygen atoms in total. The standard InChI is InChI=1S/C15H25N3O2/c1-5-17-15(14(19)20-6-2)8-7-13(9-15)18-10-16-11(3)12(18)4/h10,13,17H,5-9H2,1-4H3. The highest BCUT2D eigenvalue weighted by Gasteiger charge is 2.46. The highest BCUT2D eigenvalue weighted by atomic mass is 16.5. The third-order valence-electron chi connectivity index (χ3n) is 4.35. The van der Waals surface area contributed by atoms with Crippen LogP contribution in [0.25, 0.3) is 0 Å². The van der Waals surface area contributed by atoms with Gasteiger partial charge in [0.15, 0.2) is 0 Å². The zero-order chi connectivity index (χ0) is 14.8.